The third-order valence-electron chi connectivity index (χ3n) is 4.66. The second kappa shape index (κ2) is 8.59. The number of hydrogen-bond acceptors (Lipinski definition) is 6. The van der Waals surface area contributed by atoms with E-state index in [0.717, 1.165) is 28.3 Å². The van der Waals surface area contributed by atoms with Crippen LogP contribution in [0.3, 0.4) is 0 Å². The van der Waals surface area contributed by atoms with Gasteiger partial charge in [0, 0.05) is 29.1 Å². The van der Waals surface area contributed by atoms with Gasteiger partial charge in [-0.05, 0) is 37.6 Å². The summed E-state index contributed by atoms with van der Waals surface area (Å²) in [5.74, 6) is 1.61. The van der Waals surface area contributed by atoms with Gasteiger partial charge in [-0.25, -0.2) is 0 Å². The molecule has 1 aromatic heterocycles. The largest absolute Gasteiger partial charge is 1.00 e. The zero-order valence-electron chi connectivity index (χ0n) is 16.0. The Hall–Kier alpha value is -1.68. The van der Waals surface area contributed by atoms with Gasteiger partial charge in [0.15, 0.2) is 10.3 Å². The molecular weight excluding hydrogens is 492 g/mol. The van der Waals surface area contributed by atoms with E-state index in [-0.39, 0.29) is 33.1 Å². The fourth-order valence-corrected chi connectivity index (χ4v) is 7.92. The van der Waals surface area contributed by atoms with Crippen LogP contribution >= 0.6 is 32.4 Å². The summed E-state index contributed by atoms with van der Waals surface area (Å²) in [4.78, 5) is 11.8. The molecule has 0 atom stereocenters. The summed E-state index contributed by atoms with van der Waals surface area (Å²) in [5.41, 5.74) is 4.61. The van der Waals surface area contributed by atoms with E-state index in [4.69, 9.17) is 4.74 Å². The number of nitrogens with zero attached hydrogens (tertiary/aromatic N) is 1. The number of anilines is 1. The van der Waals surface area contributed by atoms with Gasteiger partial charge in [0.1, 0.15) is 10.6 Å². The molecule has 9 heteroatoms. The predicted octanol–water partition coefficient (Wildman–Crippen LogP) is 3.63. The number of benzene rings is 2. The van der Waals surface area contributed by atoms with Crippen molar-refractivity contribution in [2.75, 3.05) is 12.4 Å². The Labute approximate surface area is 191 Å². The van der Waals surface area contributed by atoms with Gasteiger partial charge < -0.3 is 27.0 Å². The van der Waals surface area contributed by atoms with Crippen LogP contribution in [0.1, 0.15) is 24.3 Å². The summed E-state index contributed by atoms with van der Waals surface area (Å²) in [6, 6.07) is 12.9. The highest BCUT2D eigenvalue weighted by atomic mass is 79.9. The monoisotopic (exact) mass is 510 g/mol. The van der Waals surface area contributed by atoms with Crippen LogP contribution in [0, 0.1) is 10.1 Å². The van der Waals surface area contributed by atoms with Crippen molar-refractivity contribution in [1.29, 1.82) is 0 Å². The van der Waals surface area contributed by atoms with Crippen molar-refractivity contribution in [3.8, 4) is 16.9 Å². The highest BCUT2D eigenvalue weighted by Crippen LogP contribution is 2.54. The lowest BCUT2D eigenvalue weighted by Crippen LogP contribution is -3.00. The lowest BCUT2D eigenvalue weighted by atomic mass is 9.90. The van der Waals surface area contributed by atoms with Crippen LogP contribution in [-0.2, 0) is 11.3 Å². The number of non-ortho nitro benzene ring substituents is 1. The second-order valence-corrected chi connectivity index (χ2v) is 10.4. The number of nitro benzene ring substituents is 1. The molecular formula is C20H19BrN2O3S3. The van der Waals surface area contributed by atoms with Crippen molar-refractivity contribution >= 4 is 43.8 Å². The van der Waals surface area contributed by atoms with Crippen LogP contribution in [0.25, 0.3) is 11.1 Å². The van der Waals surface area contributed by atoms with Crippen LogP contribution in [0.2, 0.25) is 0 Å². The van der Waals surface area contributed by atoms with Gasteiger partial charge in [-0.1, -0.05) is 23.9 Å². The van der Waals surface area contributed by atoms with Crippen LogP contribution in [0.15, 0.2) is 46.7 Å². The molecule has 152 valence electrons. The molecule has 4 rings (SSSR count). The molecule has 1 aliphatic heterocycles. The molecule has 0 saturated heterocycles. The molecule has 0 saturated carbocycles. The van der Waals surface area contributed by atoms with E-state index in [1.165, 1.54) is 14.6 Å². The second-order valence-electron chi connectivity index (χ2n) is 7.03. The first kappa shape index (κ1) is 22.0. The molecule has 0 spiro atoms. The number of nitro groups is 1. The smallest absolute Gasteiger partial charge is 0.308 e. The zero-order valence-corrected chi connectivity index (χ0v) is 20.1. The molecule has 2 aromatic carbocycles. The fraction of sp³-hybridized carbons (Fsp3) is 0.250. The molecule has 1 N–H and O–H groups in total. The van der Waals surface area contributed by atoms with Gasteiger partial charge in [0.2, 0.25) is 0 Å². The molecule has 3 aromatic rings. The normalized spacial score (nSPS) is 13.5. The molecule has 29 heavy (non-hydrogen) atoms. The highest BCUT2D eigenvalue weighted by Gasteiger charge is 2.40. The molecule has 0 fully saturated rings. The fourth-order valence-electron chi connectivity index (χ4n) is 3.22. The molecule has 0 bridgehead atoms. The van der Waals surface area contributed by atoms with Crippen molar-refractivity contribution < 1.29 is 26.6 Å². The summed E-state index contributed by atoms with van der Waals surface area (Å²) in [6.07, 6.45) is 0. The number of fused-ring (bicyclic) bond motifs is 3. The van der Waals surface area contributed by atoms with Crippen LogP contribution in [0.5, 0.6) is 5.75 Å². The Balaban J connectivity index is 0.00000240. The van der Waals surface area contributed by atoms with Crippen molar-refractivity contribution in [2.45, 2.75) is 29.3 Å². The maximum absolute atomic E-state index is 10.8. The Bertz CT molecular complexity index is 1050. The number of ether oxygens (including phenoxy) is 1. The third kappa shape index (κ3) is 4.28. The molecule has 1 aliphatic rings. The van der Waals surface area contributed by atoms with Gasteiger partial charge in [0.25, 0.3) is 9.90 Å². The zero-order chi connectivity index (χ0) is 19.9. The molecule has 0 unspecified atom stereocenters. The molecule has 0 radical (unpaired) electrons. The predicted molar refractivity (Wildman–Crippen MR) is 118 cm³/mol. The average Bonchev–Trinajstić information content (AvgIpc) is 3.12. The van der Waals surface area contributed by atoms with Gasteiger partial charge in [-0.2, -0.15) is 0 Å². The van der Waals surface area contributed by atoms with Crippen molar-refractivity contribution in [1.82, 2.24) is 0 Å². The summed E-state index contributed by atoms with van der Waals surface area (Å²) in [6.45, 7) is 4.40. The van der Waals surface area contributed by atoms with Crippen molar-refractivity contribution in [2.24, 2.45) is 0 Å². The molecule has 0 aliphatic carbocycles. The van der Waals surface area contributed by atoms with Gasteiger partial charge in [0.05, 0.1) is 23.1 Å². The maximum Gasteiger partial charge on any atom is 0.308 e. The van der Waals surface area contributed by atoms with Gasteiger partial charge in [-0.3, -0.25) is 10.1 Å². The summed E-state index contributed by atoms with van der Waals surface area (Å²) in [5, 5.41) is 14.5. The standard InChI is InChI=1S/C20H19N2O3S3.BrH/c1-20(2)18-17(15-10-14(25-3)8-9-16(15)21-20)19(28-27-18)26-11-12-4-6-13(7-5-12)22(23)24;/h4-10,21H,11H2,1-3H3;1H/q+1;/p-1. The minimum absolute atomic E-state index is 0. The Morgan fingerprint density at radius 1 is 1.24 bits per heavy atom. The van der Waals surface area contributed by atoms with Crippen LogP contribution < -0.4 is 27.0 Å². The van der Waals surface area contributed by atoms with E-state index >= 15 is 0 Å². The first-order chi connectivity index (χ1) is 13.4. The first-order valence-electron chi connectivity index (χ1n) is 8.68. The quantitative estimate of drug-likeness (QED) is 0.186. The third-order valence-corrected chi connectivity index (χ3v) is 9.09. The Morgan fingerprint density at radius 2 is 1.97 bits per heavy atom. The lowest BCUT2D eigenvalue weighted by molar-refractivity contribution is -0.384. The van der Waals surface area contributed by atoms with E-state index in [1.54, 1.807) is 51.7 Å². The van der Waals surface area contributed by atoms with Crippen LogP contribution in [-0.4, -0.2) is 12.0 Å². The van der Waals surface area contributed by atoms with Crippen LogP contribution in [0.4, 0.5) is 11.4 Å². The average molecular weight is 511 g/mol. The summed E-state index contributed by atoms with van der Waals surface area (Å²) >= 11 is 1.78. The van der Waals surface area contributed by atoms with Gasteiger partial charge >= 0.3 is 10.3 Å². The number of nitrogens with one attached hydrogen (secondary N) is 1. The number of methoxy groups -OCH3 is 1. The molecule has 2 heterocycles. The Kier molecular flexibility index (Phi) is 6.52. The van der Waals surface area contributed by atoms with Crippen molar-refractivity contribution in [3.05, 3.63) is 63.0 Å². The molecule has 5 nitrogen and oxygen atoms in total. The van der Waals surface area contributed by atoms with Gasteiger partial charge in [-0.15, -0.1) is 0 Å². The van der Waals surface area contributed by atoms with E-state index in [1.807, 2.05) is 18.2 Å². The van der Waals surface area contributed by atoms with E-state index in [2.05, 4.69) is 31.3 Å². The first-order valence-corrected chi connectivity index (χ1v) is 11.8. The minimum Gasteiger partial charge on any atom is -1.00 e. The summed E-state index contributed by atoms with van der Waals surface area (Å²) < 4.78 is 6.71. The summed E-state index contributed by atoms with van der Waals surface area (Å²) in [7, 11) is 5.28. The minimum atomic E-state index is -0.367. The SMILES string of the molecule is COc1ccc2c(c1)-c1c(s[s+]c1SCc1ccc([N+](=O)[O-])cc1)C(C)(C)N2.[Br-]. The van der Waals surface area contributed by atoms with E-state index < -0.39 is 0 Å². The maximum atomic E-state index is 10.8. The number of halogens is 1. The van der Waals surface area contributed by atoms with E-state index in [0.29, 0.717) is 0 Å². The topological polar surface area (TPSA) is 64.4 Å². The number of hydrogen-bond donors (Lipinski definition) is 1. The van der Waals surface area contributed by atoms with Crippen molar-refractivity contribution in [3.63, 3.8) is 0 Å². The van der Waals surface area contributed by atoms with E-state index in [9.17, 15) is 10.1 Å². The number of thioether (sulfide) groups is 1. The number of rotatable bonds is 5. The Morgan fingerprint density at radius 3 is 2.62 bits per heavy atom. The lowest BCUT2D eigenvalue weighted by Gasteiger charge is -2.32. The molecule has 0 amide bonds. The highest BCUT2D eigenvalue weighted by molar-refractivity contribution is 8.02.